The van der Waals surface area contributed by atoms with Gasteiger partial charge in [-0.25, -0.2) is 0 Å². The number of anilines is 2. The zero-order valence-electron chi connectivity index (χ0n) is 13.9. The summed E-state index contributed by atoms with van der Waals surface area (Å²) in [5, 5.41) is 2.75. The van der Waals surface area contributed by atoms with Gasteiger partial charge < -0.3 is 19.7 Å². The van der Waals surface area contributed by atoms with Gasteiger partial charge in [0.25, 0.3) is 5.91 Å². The summed E-state index contributed by atoms with van der Waals surface area (Å²) in [6.07, 6.45) is 2.61. The minimum atomic E-state index is -0.488. The SMILES string of the molecule is CCCCCN1C(=O)C(C)Oc2ccc(NC(=O)COC)cc21. The molecule has 1 aliphatic heterocycles. The molecule has 2 amide bonds. The predicted octanol–water partition coefficient (Wildman–Crippen LogP) is 2.58. The maximum atomic E-state index is 12.4. The maximum Gasteiger partial charge on any atom is 0.267 e. The van der Waals surface area contributed by atoms with Crippen molar-refractivity contribution in [1.82, 2.24) is 0 Å². The van der Waals surface area contributed by atoms with E-state index in [0.717, 1.165) is 19.3 Å². The molecule has 0 fully saturated rings. The first-order chi connectivity index (χ1) is 11.1. The van der Waals surface area contributed by atoms with Gasteiger partial charge in [0.05, 0.1) is 5.69 Å². The Kier molecular flexibility index (Phi) is 5.98. The molecule has 1 aliphatic rings. The number of carbonyl (C=O) groups is 2. The number of nitrogens with zero attached hydrogens (tertiary/aromatic N) is 1. The van der Waals surface area contributed by atoms with Crippen molar-refractivity contribution in [3.05, 3.63) is 18.2 Å². The van der Waals surface area contributed by atoms with Crippen molar-refractivity contribution in [1.29, 1.82) is 0 Å². The van der Waals surface area contributed by atoms with Crippen LogP contribution in [0.2, 0.25) is 0 Å². The van der Waals surface area contributed by atoms with E-state index in [9.17, 15) is 9.59 Å². The molecule has 2 rings (SSSR count). The number of hydrogen-bond donors (Lipinski definition) is 1. The lowest BCUT2D eigenvalue weighted by Gasteiger charge is -2.33. The van der Waals surface area contributed by atoms with E-state index in [4.69, 9.17) is 9.47 Å². The summed E-state index contributed by atoms with van der Waals surface area (Å²) in [5.74, 6) is 0.383. The summed E-state index contributed by atoms with van der Waals surface area (Å²) in [6, 6.07) is 5.32. The zero-order valence-corrected chi connectivity index (χ0v) is 13.9. The number of hydrogen-bond acceptors (Lipinski definition) is 4. The molecule has 23 heavy (non-hydrogen) atoms. The average Bonchev–Trinajstić information content (AvgIpc) is 2.52. The number of ether oxygens (including phenoxy) is 2. The smallest absolute Gasteiger partial charge is 0.267 e. The van der Waals surface area contributed by atoms with E-state index in [0.29, 0.717) is 23.7 Å². The molecule has 1 N–H and O–H groups in total. The van der Waals surface area contributed by atoms with Gasteiger partial charge in [-0.15, -0.1) is 0 Å². The van der Waals surface area contributed by atoms with Crippen LogP contribution < -0.4 is 15.0 Å². The Morgan fingerprint density at radius 3 is 2.87 bits per heavy atom. The Morgan fingerprint density at radius 1 is 1.39 bits per heavy atom. The van der Waals surface area contributed by atoms with Crippen molar-refractivity contribution in [2.75, 3.05) is 30.5 Å². The van der Waals surface area contributed by atoms with Gasteiger partial charge in [-0.3, -0.25) is 9.59 Å². The van der Waals surface area contributed by atoms with E-state index >= 15 is 0 Å². The van der Waals surface area contributed by atoms with Gasteiger partial charge in [-0.2, -0.15) is 0 Å². The van der Waals surface area contributed by atoms with Gasteiger partial charge in [0.2, 0.25) is 5.91 Å². The highest BCUT2D eigenvalue weighted by Gasteiger charge is 2.31. The molecule has 0 bridgehead atoms. The molecule has 0 saturated carbocycles. The second kappa shape index (κ2) is 7.97. The van der Waals surface area contributed by atoms with Crippen LogP contribution in [-0.4, -0.2) is 38.2 Å². The van der Waals surface area contributed by atoms with Gasteiger partial charge in [-0.1, -0.05) is 19.8 Å². The van der Waals surface area contributed by atoms with E-state index in [1.807, 2.05) is 0 Å². The van der Waals surface area contributed by atoms with E-state index in [1.165, 1.54) is 7.11 Å². The fraction of sp³-hybridized carbons (Fsp3) is 0.529. The number of methoxy groups -OCH3 is 1. The van der Waals surface area contributed by atoms with E-state index in [-0.39, 0.29) is 18.4 Å². The van der Waals surface area contributed by atoms with Crippen molar-refractivity contribution in [2.24, 2.45) is 0 Å². The summed E-state index contributed by atoms with van der Waals surface area (Å²) in [7, 11) is 1.47. The number of unbranched alkanes of at least 4 members (excludes halogenated alkanes) is 2. The molecule has 0 saturated heterocycles. The van der Waals surface area contributed by atoms with Crippen LogP contribution in [0.4, 0.5) is 11.4 Å². The normalized spacial score (nSPS) is 16.7. The Morgan fingerprint density at radius 2 is 2.17 bits per heavy atom. The molecule has 1 aromatic carbocycles. The Hall–Kier alpha value is -2.08. The molecule has 0 radical (unpaired) electrons. The fourth-order valence-corrected chi connectivity index (χ4v) is 2.56. The van der Waals surface area contributed by atoms with Crippen LogP contribution in [0, 0.1) is 0 Å². The summed E-state index contributed by atoms with van der Waals surface area (Å²) in [4.78, 5) is 25.8. The molecule has 126 valence electrons. The Labute approximate surface area is 136 Å². The topological polar surface area (TPSA) is 67.9 Å². The number of nitrogens with one attached hydrogen (secondary N) is 1. The standard InChI is InChI=1S/C17H24N2O4/c1-4-5-6-9-19-14-10-13(18-16(20)11-22-3)7-8-15(14)23-12(2)17(19)21/h7-8,10,12H,4-6,9,11H2,1-3H3,(H,18,20). The zero-order chi connectivity index (χ0) is 16.8. The van der Waals surface area contributed by atoms with Crippen LogP contribution in [0.25, 0.3) is 0 Å². The maximum absolute atomic E-state index is 12.4. The minimum absolute atomic E-state index is 0.0102. The molecule has 6 nitrogen and oxygen atoms in total. The Bertz CT molecular complexity index is 574. The molecule has 1 atom stereocenters. The average molecular weight is 320 g/mol. The summed E-state index contributed by atoms with van der Waals surface area (Å²) < 4.78 is 10.5. The molecule has 0 aromatic heterocycles. The number of carbonyl (C=O) groups excluding carboxylic acids is 2. The van der Waals surface area contributed by atoms with Gasteiger partial charge in [0.15, 0.2) is 6.10 Å². The first kappa shape index (κ1) is 17.3. The summed E-state index contributed by atoms with van der Waals surface area (Å²) >= 11 is 0. The van der Waals surface area contributed by atoms with Crippen molar-refractivity contribution in [3.8, 4) is 5.75 Å². The molecular formula is C17H24N2O4. The number of rotatable bonds is 7. The highest BCUT2D eigenvalue weighted by Crippen LogP contribution is 2.36. The lowest BCUT2D eigenvalue weighted by Crippen LogP contribution is -2.44. The van der Waals surface area contributed by atoms with Crippen molar-refractivity contribution in [2.45, 2.75) is 39.2 Å². The molecule has 0 spiro atoms. The number of benzene rings is 1. The van der Waals surface area contributed by atoms with E-state index in [2.05, 4.69) is 12.2 Å². The minimum Gasteiger partial charge on any atom is -0.479 e. The van der Waals surface area contributed by atoms with Gasteiger partial charge >= 0.3 is 0 Å². The van der Waals surface area contributed by atoms with Crippen LogP contribution in [0.5, 0.6) is 5.75 Å². The second-order valence-corrected chi connectivity index (χ2v) is 5.62. The van der Waals surface area contributed by atoms with Crippen LogP contribution in [-0.2, 0) is 14.3 Å². The van der Waals surface area contributed by atoms with Crippen LogP contribution in [0.15, 0.2) is 18.2 Å². The molecule has 0 aliphatic carbocycles. The fourth-order valence-electron chi connectivity index (χ4n) is 2.56. The first-order valence-electron chi connectivity index (χ1n) is 7.97. The monoisotopic (exact) mass is 320 g/mol. The first-order valence-corrected chi connectivity index (χ1v) is 7.97. The largest absolute Gasteiger partial charge is 0.479 e. The summed E-state index contributed by atoms with van der Waals surface area (Å²) in [5.41, 5.74) is 1.33. The van der Waals surface area contributed by atoms with E-state index in [1.54, 1.807) is 30.0 Å². The van der Waals surface area contributed by atoms with E-state index < -0.39 is 6.10 Å². The molecule has 6 heteroatoms. The number of amides is 2. The van der Waals surface area contributed by atoms with Crippen LogP contribution in [0.1, 0.15) is 33.1 Å². The second-order valence-electron chi connectivity index (χ2n) is 5.62. The van der Waals surface area contributed by atoms with Crippen LogP contribution in [0.3, 0.4) is 0 Å². The molecule has 1 heterocycles. The molecule has 1 aromatic rings. The van der Waals surface area contributed by atoms with Gasteiger partial charge in [0.1, 0.15) is 12.4 Å². The summed E-state index contributed by atoms with van der Waals surface area (Å²) in [6.45, 7) is 4.53. The lowest BCUT2D eigenvalue weighted by atomic mass is 10.1. The molecule has 1 unspecified atom stereocenters. The quantitative estimate of drug-likeness (QED) is 0.784. The van der Waals surface area contributed by atoms with Crippen molar-refractivity contribution < 1.29 is 19.1 Å². The highest BCUT2D eigenvalue weighted by molar-refractivity contribution is 6.01. The van der Waals surface area contributed by atoms with Crippen molar-refractivity contribution >= 4 is 23.2 Å². The third-order valence-electron chi connectivity index (χ3n) is 3.71. The third kappa shape index (κ3) is 4.22. The highest BCUT2D eigenvalue weighted by atomic mass is 16.5. The lowest BCUT2D eigenvalue weighted by molar-refractivity contribution is -0.125. The van der Waals surface area contributed by atoms with Crippen LogP contribution >= 0.6 is 0 Å². The third-order valence-corrected chi connectivity index (χ3v) is 3.71. The van der Waals surface area contributed by atoms with Crippen molar-refractivity contribution in [3.63, 3.8) is 0 Å². The van der Waals surface area contributed by atoms with Gasteiger partial charge in [0, 0.05) is 19.3 Å². The Balaban J connectivity index is 2.22. The predicted molar refractivity (Wildman–Crippen MR) is 88.9 cm³/mol. The molecular weight excluding hydrogens is 296 g/mol. The number of fused-ring (bicyclic) bond motifs is 1. The van der Waals surface area contributed by atoms with Gasteiger partial charge in [-0.05, 0) is 31.5 Å².